The van der Waals surface area contributed by atoms with E-state index in [9.17, 15) is 5.11 Å². The maximum atomic E-state index is 9.82. The molecule has 3 N–H and O–H groups in total. The zero-order valence-corrected chi connectivity index (χ0v) is 13.4. The first kappa shape index (κ1) is 17.5. The number of aromatic nitrogens is 2. The number of imidazole rings is 1. The Morgan fingerprint density at radius 2 is 2.05 bits per heavy atom. The van der Waals surface area contributed by atoms with Gasteiger partial charge in [-0.25, -0.2) is 9.98 Å². The molecule has 21 heavy (non-hydrogen) atoms. The van der Waals surface area contributed by atoms with Crippen molar-refractivity contribution in [3.8, 4) is 0 Å². The lowest BCUT2D eigenvalue weighted by atomic mass is 9.86. The van der Waals surface area contributed by atoms with Crippen molar-refractivity contribution in [2.75, 3.05) is 6.61 Å². The smallest absolute Gasteiger partial charge is 0.161 e. The maximum absolute atomic E-state index is 9.82. The molecule has 0 saturated heterocycles. The minimum absolute atomic E-state index is 0.0421. The van der Waals surface area contributed by atoms with E-state index in [-0.39, 0.29) is 24.5 Å². The van der Waals surface area contributed by atoms with Crippen LogP contribution in [0.5, 0.6) is 0 Å². The lowest BCUT2D eigenvalue weighted by Crippen LogP contribution is -2.31. The van der Waals surface area contributed by atoms with Crippen LogP contribution in [0.15, 0.2) is 11.3 Å². The topological polar surface area (TPSA) is 94.5 Å². The van der Waals surface area contributed by atoms with Gasteiger partial charge >= 0.3 is 0 Å². The van der Waals surface area contributed by atoms with Gasteiger partial charge in [0, 0.05) is 12.3 Å². The van der Waals surface area contributed by atoms with Crippen molar-refractivity contribution in [3.63, 3.8) is 0 Å². The zero-order valence-electron chi connectivity index (χ0n) is 13.4. The van der Waals surface area contributed by atoms with E-state index in [0.29, 0.717) is 17.2 Å². The van der Waals surface area contributed by atoms with Crippen LogP contribution in [0.4, 0.5) is 5.82 Å². The summed E-state index contributed by atoms with van der Waals surface area (Å²) in [5.74, 6) is 0.719. The van der Waals surface area contributed by atoms with Gasteiger partial charge in [0.2, 0.25) is 0 Å². The first-order valence-electron chi connectivity index (χ1n) is 7.25. The summed E-state index contributed by atoms with van der Waals surface area (Å²) in [6, 6.07) is 0.0421. The van der Waals surface area contributed by atoms with Gasteiger partial charge in [-0.1, -0.05) is 13.8 Å². The molecule has 0 aliphatic carbocycles. The molecule has 0 aromatic carbocycles. The van der Waals surface area contributed by atoms with E-state index in [2.05, 4.69) is 9.98 Å². The van der Waals surface area contributed by atoms with Crippen molar-refractivity contribution in [1.29, 1.82) is 5.41 Å². The third-order valence-corrected chi connectivity index (χ3v) is 4.20. The highest BCUT2D eigenvalue weighted by Gasteiger charge is 2.27. The molecule has 0 aliphatic heterocycles. The molecule has 1 rings (SSSR count). The Bertz CT molecular complexity index is 510. The van der Waals surface area contributed by atoms with E-state index < -0.39 is 6.10 Å². The monoisotopic (exact) mass is 294 g/mol. The summed E-state index contributed by atoms with van der Waals surface area (Å²) in [5, 5.41) is 26.7. The highest BCUT2D eigenvalue weighted by atomic mass is 16.3. The third-order valence-electron chi connectivity index (χ3n) is 4.20. The SMILES string of the molecule is CC=Nc1c(C(C)=N)ncn1[C@@H](C)[C@@H](C)[C@@H](C)[C@@H](O)CO. The Kier molecular flexibility index (Phi) is 6.23. The van der Waals surface area contributed by atoms with Gasteiger partial charge in [0.25, 0.3) is 0 Å². The van der Waals surface area contributed by atoms with E-state index in [4.69, 9.17) is 10.5 Å². The van der Waals surface area contributed by atoms with Gasteiger partial charge in [-0.2, -0.15) is 0 Å². The van der Waals surface area contributed by atoms with Crippen molar-refractivity contribution in [1.82, 2.24) is 9.55 Å². The van der Waals surface area contributed by atoms with Crippen molar-refractivity contribution < 1.29 is 10.2 Å². The molecular weight excluding hydrogens is 268 g/mol. The predicted octanol–water partition coefficient (Wildman–Crippen LogP) is 2.18. The second-order valence-corrected chi connectivity index (χ2v) is 5.55. The van der Waals surface area contributed by atoms with Crippen molar-refractivity contribution >= 4 is 17.7 Å². The van der Waals surface area contributed by atoms with Gasteiger partial charge in [0.05, 0.1) is 24.7 Å². The van der Waals surface area contributed by atoms with Crippen molar-refractivity contribution in [2.45, 2.75) is 46.8 Å². The van der Waals surface area contributed by atoms with Gasteiger partial charge in [0.15, 0.2) is 5.82 Å². The molecule has 0 aliphatic rings. The molecule has 118 valence electrons. The summed E-state index contributed by atoms with van der Waals surface area (Å²) in [5.41, 5.74) is 0.945. The molecule has 4 atom stereocenters. The summed E-state index contributed by atoms with van der Waals surface area (Å²) < 4.78 is 1.93. The number of nitrogens with zero attached hydrogens (tertiary/aromatic N) is 3. The summed E-state index contributed by atoms with van der Waals surface area (Å²) >= 11 is 0. The summed E-state index contributed by atoms with van der Waals surface area (Å²) in [4.78, 5) is 8.61. The molecule has 1 heterocycles. The van der Waals surface area contributed by atoms with Gasteiger partial charge in [-0.15, -0.1) is 0 Å². The Morgan fingerprint density at radius 3 is 2.52 bits per heavy atom. The average Bonchev–Trinajstić information content (AvgIpc) is 2.88. The molecule has 0 unspecified atom stereocenters. The Balaban J connectivity index is 3.12. The van der Waals surface area contributed by atoms with Crippen LogP contribution in [-0.4, -0.2) is 44.4 Å². The zero-order chi connectivity index (χ0) is 16.2. The number of hydrogen-bond donors (Lipinski definition) is 3. The highest BCUT2D eigenvalue weighted by molar-refractivity contribution is 5.98. The van der Waals surface area contributed by atoms with E-state index in [1.807, 2.05) is 32.3 Å². The van der Waals surface area contributed by atoms with E-state index in [1.165, 1.54) is 0 Å². The minimum Gasteiger partial charge on any atom is -0.394 e. The van der Waals surface area contributed by atoms with Gasteiger partial charge in [0.1, 0.15) is 5.69 Å². The van der Waals surface area contributed by atoms with Gasteiger partial charge in [-0.3, -0.25) is 0 Å². The Labute approximate surface area is 126 Å². The quantitative estimate of drug-likeness (QED) is 0.673. The molecule has 0 fully saturated rings. The molecule has 6 nitrogen and oxygen atoms in total. The van der Waals surface area contributed by atoms with Crippen LogP contribution in [0.25, 0.3) is 0 Å². The van der Waals surface area contributed by atoms with E-state index >= 15 is 0 Å². The number of aliphatic hydroxyl groups excluding tert-OH is 2. The Hall–Kier alpha value is -1.53. The largest absolute Gasteiger partial charge is 0.394 e. The van der Waals surface area contributed by atoms with Crippen LogP contribution in [0.1, 0.15) is 46.4 Å². The van der Waals surface area contributed by atoms with Gasteiger partial charge in [-0.05, 0) is 32.6 Å². The molecule has 0 amide bonds. The highest BCUT2D eigenvalue weighted by Crippen LogP contribution is 2.32. The summed E-state index contributed by atoms with van der Waals surface area (Å²) in [6.45, 7) is 9.26. The second kappa shape index (κ2) is 7.47. The van der Waals surface area contributed by atoms with Crippen LogP contribution in [-0.2, 0) is 0 Å². The first-order valence-corrected chi connectivity index (χ1v) is 7.25. The first-order chi connectivity index (χ1) is 9.84. The van der Waals surface area contributed by atoms with Crippen LogP contribution < -0.4 is 0 Å². The molecular formula is C15H26N4O2. The Morgan fingerprint density at radius 1 is 1.43 bits per heavy atom. The van der Waals surface area contributed by atoms with Crippen LogP contribution in [0.3, 0.4) is 0 Å². The van der Waals surface area contributed by atoms with Crippen LogP contribution >= 0.6 is 0 Å². The van der Waals surface area contributed by atoms with E-state index in [0.717, 1.165) is 0 Å². The van der Waals surface area contributed by atoms with Crippen LogP contribution in [0, 0.1) is 17.2 Å². The van der Waals surface area contributed by atoms with Gasteiger partial charge < -0.3 is 20.2 Å². The van der Waals surface area contributed by atoms with Crippen LogP contribution in [0.2, 0.25) is 0 Å². The third kappa shape index (κ3) is 3.77. The molecule has 6 heteroatoms. The minimum atomic E-state index is -0.743. The van der Waals surface area contributed by atoms with Crippen molar-refractivity contribution in [2.24, 2.45) is 16.8 Å². The average molecular weight is 294 g/mol. The standard InChI is InChI=1S/C15H26N4O2/c1-6-17-15-14(11(4)16)18-8-19(15)12(5)9(2)10(3)13(21)7-20/h6,8-10,12-13,16,20-21H,7H2,1-5H3/t9-,10+,12-,13-/m0/s1. The fraction of sp³-hybridized carbons (Fsp3) is 0.667. The number of hydrogen-bond acceptors (Lipinski definition) is 5. The predicted molar refractivity (Wildman–Crippen MR) is 84.7 cm³/mol. The number of aliphatic hydroxyl groups is 2. The number of aliphatic imine (C=N–C) groups is 1. The number of nitrogens with one attached hydrogen (secondary N) is 1. The van der Waals surface area contributed by atoms with Crippen molar-refractivity contribution in [3.05, 3.63) is 12.0 Å². The normalized spacial score (nSPS) is 17.7. The fourth-order valence-corrected chi connectivity index (χ4v) is 2.38. The molecule has 0 radical (unpaired) electrons. The summed E-state index contributed by atoms with van der Waals surface area (Å²) in [7, 11) is 0. The summed E-state index contributed by atoms with van der Waals surface area (Å²) in [6.07, 6.45) is 2.63. The molecule has 1 aromatic heterocycles. The molecule has 0 bridgehead atoms. The number of rotatable bonds is 7. The lowest BCUT2D eigenvalue weighted by molar-refractivity contribution is 0.0245. The maximum Gasteiger partial charge on any atom is 0.161 e. The molecule has 0 spiro atoms. The second-order valence-electron chi connectivity index (χ2n) is 5.55. The van der Waals surface area contributed by atoms with E-state index in [1.54, 1.807) is 19.5 Å². The molecule has 1 aromatic rings. The lowest BCUT2D eigenvalue weighted by Gasteiger charge is -2.30. The molecule has 0 saturated carbocycles. The fourth-order valence-electron chi connectivity index (χ4n) is 2.38.